The summed E-state index contributed by atoms with van der Waals surface area (Å²) in [6.07, 6.45) is 5.86. The summed E-state index contributed by atoms with van der Waals surface area (Å²) in [6, 6.07) is 3.01. The number of rotatable bonds is 7. The molecule has 3 nitrogen and oxygen atoms in total. The standard InChI is InChI=1S/C15H25N3/c1-4-8-16-10-13-9-12(3)15(17-11-13)18(5-2)14-6-7-14/h9,11,14,16H,4-8,10H2,1-3H3. The maximum absolute atomic E-state index is 4.68. The highest BCUT2D eigenvalue weighted by Crippen LogP contribution is 2.31. The largest absolute Gasteiger partial charge is 0.354 e. The van der Waals surface area contributed by atoms with Crippen molar-refractivity contribution in [3.8, 4) is 0 Å². The van der Waals surface area contributed by atoms with Crippen molar-refractivity contribution in [1.82, 2.24) is 10.3 Å². The molecule has 1 aliphatic rings. The van der Waals surface area contributed by atoms with Gasteiger partial charge in [-0.1, -0.05) is 6.92 Å². The third-order valence-electron chi connectivity index (χ3n) is 3.46. The summed E-state index contributed by atoms with van der Waals surface area (Å²) in [7, 11) is 0. The summed E-state index contributed by atoms with van der Waals surface area (Å²) in [5.74, 6) is 1.18. The summed E-state index contributed by atoms with van der Waals surface area (Å²) < 4.78 is 0. The highest BCUT2D eigenvalue weighted by Gasteiger charge is 2.29. The number of aryl methyl sites for hydroxylation is 1. The molecule has 1 fully saturated rings. The second kappa shape index (κ2) is 6.19. The van der Waals surface area contributed by atoms with Gasteiger partial charge in [0.25, 0.3) is 0 Å². The highest BCUT2D eigenvalue weighted by molar-refractivity contribution is 5.49. The van der Waals surface area contributed by atoms with Crippen molar-refractivity contribution in [1.29, 1.82) is 0 Å². The summed E-state index contributed by atoms with van der Waals surface area (Å²) >= 11 is 0. The van der Waals surface area contributed by atoms with Crippen LogP contribution in [0.3, 0.4) is 0 Å². The average Bonchev–Trinajstić information content (AvgIpc) is 3.17. The van der Waals surface area contributed by atoms with E-state index >= 15 is 0 Å². The zero-order valence-electron chi connectivity index (χ0n) is 11.9. The number of nitrogens with zero attached hydrogens (tertiary/aromatic N) is 2. The molecule has 0 saturated heterocycles. The third kappa shape index (κ3) is 3.22. The van der Waals surface area contributed by atoms with Gasteiger partial charge in [0.15, 0.2) is 0 Å². The molecule has 0 unspecified atom stereocenters. The predicted molar refractivity (Wildman–Crippen MR) is 77.0 cm³/mol. The van der Waals surface area contributed by atoms with Gasteiger partial charge in [0.05, 0.1) is 0 Å². The molecule has 1 saturated carbocycles. The minimum absolute atomic E-state index is 0.741. The first-order valence-electron chi connectivity index (χ1n) is 7.19. The van der Waals surface area contributed by atoms with Crippen LogP contribution in [0.2, 0.25) is 0 Å². The Hall–Kier alpha value is -1.09. The summed E-state index contributed by atoms with van der Waals surface area (Å²) in [6.45, 7) is 9.65. The van der Waals surface area contributed by atoms with Crippen molar-refractivity contribution < 1.29 is 0 Å². The van der Waals surface area contributed by atoms with Crippen LogP contribution in [0.4, 0.5) is 5.82 Å². The van der Waals surface area contributed by atoms with Crippen LogP contribution in [0.5, 0.6) is 0 Å². The third-order valence-corrected chi connectivity index (χ3v) is 3.46. The Labute approximate surface area is 111 Å². The smallest absolute Gasteiger partial charge is 0.131 e. The van der Waals surface area contributed by atoms with E-state index in [2.05, 4.69) is 42.0 Å². The molecule has 1 aromatic heterocycles. The maximum atomic E-state index is 4.68. The van der Waals surface area contributed by atoms with Gasteiger partial charge in [-0.3, -0.25) is 0 Å². The number of hydrogen-bond acceptors (Lipinski definition) is 3. The zero-order chi connectivity index (χ0) is 13.0. The van der Waals surface area contributed by atoms with Crippen LogP contribution in [-0.2, 0) is 6.54 Å². The molecule has 0 spiro atoms. The van der Waals surface area contributed by atoms with E-state index in [1.165, 1.54) is 36.2 Å². The average molecular weight is 247 g/mol. The first-order chi connectivity index (χ1) is 8.76. The van der Waals surface area contributed by atoms with E-state index in [0.29, 0.717) is 0 Å². The fourth-order valence-electron chi connectivity index (χ4n) is 2.40. The second-order valence-corrected chi connectivity index (χ2v) is 5.18. The Morgan fingerprint density at radius 1 is 1.39 bits per heavy atom. The van der Waals surface area contributed by atoms with Gasteiger partial charge in [0.2, 0.25) is 0 Å². The molecule has 1 aliphatic carbocycles. The molecule has 0 aliphatic heterocycles. The lowest BCUT2D eigenvalue weighted by Crippen LogP contribution is -2.27. The molecule has 0 atom stereocenters. The van der Waals surface area contributed by atoms with Crippen LogP contribution in [0.25, 0.3) is 0 Å². The van der Waals surface area contributed by atoms with Crippen molar-refractivity contribution in [2.45, 2.75) is 52.6 Å². The SMILES string of the molecule is CCCNCc1cnc(N(CC)C2CC2)c(C)c1. The molecule has 0 bridgehead atoms. The van der Waals surface area contributed by atoms with E-state index in [-0.39, 0.29) is 0 Å². The molecule has 1 aromatic rings. The molecule has 100 valence electrons. The Morgan fingerprint density at radius 3 is 2.72 bits per heavy atom. The van der Waals surface area contributed by atoms with E-state index in [4.69, 9.17) is 0 Å². The maximum Gasteiger partial charge on any atom is 0.131 e. The van der Waals surface area contributed by atoms with Crippen LogP contribution in [0, 0.1) is 6.92 Å². The highest BCUT2D eigenvalue weighted by atomic mass is 15.2. The van der Waals surface area contributed by atoms with Crippen molar-refractivity contribution in [3.63, 3.8) is 0 Å². The van der Waals surface area contributed by atoms with Gasteiger partial charge in [-0.15, -0.1) is 0 Å². The number of hydrogen-bond donors (Lipinski definition) is 1. The predicted octanol–water partition coefficient (Wildman–Crippen LogP) is 2.88. The molecule has 3 heteroatoms. The van der Waals surface area contributed by atoms with Gasteiger partial charge in [0.1, 0.15) is 5.82 Å². The lowest BCUT2D eigenvalue weighted by atomic mass is 10.2. The van der Waals surface area contributed by atoms with Crippen molar-refractivity contribution in [3.05, 3.63) is 23.4 Å². The van der Waals surface area contributed by atoms with Gasteiger partial charge in [0, 0.05) is 25.3 Å². The van der Waals surface area contributed by atoms with E-state index in [1.54, 1.807) is 0 Å². The lowest BCUT2D eigenvalue weighted by molar-refractivity contribution is 0.673. The summed E-state index contributed by atoms with van der Waals surface area (Å²) in [5, 5.41) is 3.42. The number of pyridine rings is 1. The monoisotopic (exact) mass is 247 g/mol. The molecule has 18 heavy (non-hydrogen) atoms. The molecule has 0 radical (unpaired) electrons. The second-order valence-electron chi connectivity index (χ2n) is 5.18. The van der Waals surface area contributed by atoms with Gasteiger partial charge in [-0.25, -0.2) is 4.98 Å². The van der Waals surface area contributed by atoms with Gasteiger partial charge in [-0.05, 0) is 56.8 Å². The zero-order valence-corrected chi connectivity index (χ0v) is 11.9. The van der Waals surface area contributed by atoms with Crippen LogP contribution in [0.15, 0.2) is 12.3 Å². The van der Waals surface area contributed by atoms with Gasteiger partial charge < -0.3 is 10.2 Å². The normalized spacial score (nSPS) is 14.8. The Kier molecular flexibility index (Phi) is 4.59. The lowest BCUT2D eigenvalue weighted by Gasteiger charge is -2.23. The van der Waals surface area contributed by atoms with Crippen molar-refractivity contribution >= 4 is 5.82 Å². The van der Waals surface area contributed by atoms with E-state index < -0.39 is 0 Å². The molecule has 0 aromatic carbocycles. The van der Waals surface area contributed by atoms with Crippen LogP contribution in [0.1, 0.15) is 44.2 Å². The van der Waals surface area contributed by atoms with Crippen molar-refractivity contribution in [2.24, 2.45) is 0 Å². The van der Waals surface area contributed by atoms with Crippen LogP contribution < -0.4 is 10.2 Å². The van der Waals surface area contributed by atoms with Crippen molar-refractivity contribution in [2.75, 3.05) is 18.0 Å². The molecule has 0 amide bonds. The first kappa shape index (κ1) is 13.3. The molecular weight excluding hydrogens is 222 g/mol. The molecule has 1 N–H and O–H groups in total. The minimum atomic E-state index is 0.741. The fraction of sp³-hybridized carbons (Fsp3) is 0.667. The van der Waals surface area contributed by atoms with E-state index in [9.17, 15) is 0 Å². The van der Waals surface area contributed by atoms with E-state index in [0.717, 1.165) is 25.7 Å². The number of anilines is 1. The number of aromatic nitrogens is 1. The van der Waals surface area contributed by atoms with Crippen LogP contribution in [-0.4, -0.2) is 24.1 Å². The van der Waals surface area contributed by atoms with Crippen LogP contribution >= 0.6 is 0 Å². The Balaban J connectivity index is 2.04. The molecular formula is C15H25N3. The van der Waals surface area contributed by atoms with Gasteiger partial charge >= 0.3 is 0 Å². The molecule has 2 rings (SSSR count). The fourth-order valence-corrected chi connectivity index (χ4v) is 2.40. The Bertz CT molecular complexity index is 385. The van der Waals surface area contributed by atoms with Gasteiger partial charge in [-0.2, -0.15) is 0 Å². The quantitative estimate of drug-likeness (QED) is 0.751. The topological polar surface area (TPSA) is 28.2 Å². The number of nitrogens with one attached hydrogen (secondary N) is 1. The summed E-state index contributed by atoms with van der Waals surface area (Å²) in [5.41, 5.74) is 2.59. The minimum Gasteiger partial charge on any atom is -0.354 e. The Morgan fingerprint density at radius 2 is 2.17 bits per heavy atom. The summed E-state index contributed by atoms with van der Waals surface area (Å²) in [4.78, 5) is 7.12. The van der Waals surface area contributed by atoms with E-state index in [1.807, 2.05) is 6.20 Å². The molecule has 1 heterocycles. The first-order valence-corrected chi connectivity index (χ1v) is 7.19.